The zero-order chi connectivity index (χ0) is 21.6. The predicted molar refractivity (Wildman–Crippen MR) is 118 cm³/mol. The van der Waals surface area contributed by atoms with Crippen LogP contribution in [-0.2, 0) is 17.8 Å². The smallest absolute Gasteiger partial charge is 0.269 e. The first kappa shape index (κ1) is 20.0. The molecule has 0 aliphatic carbocycles. The lowest BCUT2D eigenvalue weighted by Crippen LogP contribution is -2.33. The maximum absolute atomic E-state index is 11.9. The highest BCUT2D eigenvalue weighted by molar-refractivity contribution is 6.09. The quantitative estimate of drug-likeness (QED) is 0.640. The van der Waals surface area contributed by atoms with E-state index in [2.05, 4.69) is 39.6 Å². The number of rotatable bonds is 5. The number of benzene rings is 1. The molecule has 1 aliphatic rings. The minimum absolute atomic E-state index is 0.0378. The predicted octanol–water partition coefficient (Wildman–Crippen LogP) is 3.45. The van der Waals surface area contributed by atoms with Crippen molar-refractivity contribution in [3.63, 3.8) is 0 Å². The van der Waals surface area contributed by atoms with Crippen LogP contribution in [0.2, 0.25) is 0 Å². The molecule has 6 nitrogen and oxygen atoms in total. The Morgan fingerprint density at radius 2 is 2.03 bits per heavy atom. The summed E-state index contributed by atoms with van der Waals surface area (Å²) in [5, 5.41) is 0.997. The summed E-state index contributed by atoms with van der Waals surface area (Å²) >= 11 is 0. The largest absolute Gasteiger partial charge is 0.364 e. The Balaban J connectivity index is 1.80. The Morgan fingerprint density at radius 1 is 1.27 bits per heavy atom. The van der Waals surface area contributed by atoms with Crippen molar-refractivity contribution in [1.29, 1.82) is 0 Å². The highest BCUT2D eigenvalue weighted by atomic mass is 16.1. The molecule has 1 aromatic carbocycles. The lowest BCUT2D eigenvalue weighted by Gasteiger charge is -2.30. The Bertz CT molecular complexity index is 1210. The van der Waals surface area contributed by atoms with Gasteiger partial charge < -0.3 is 10.7 Å². The molecule has 0 fully saturated rings. The Kier molecular flexibility index (Phi) is 5.03. The second-order valence-electron chi connectivity index (χ2n) is 8.07. The Hall–Kier alpha value is -3.25. The third-order valence-corrected chi connectivity index (χ3v) is 6.11. The van der Waals surface area contributed by atoms with Crippen molar-refractivity contribution in [2.75, 3.05) is 13.1 Å². The van der Waals surface area contributed by atoms with Gasteiger partial charge in [-0.25, -0.2) is 4.98 Å². The lowest BCUT2D eigenvalue weighted by atomic mass is 9.89. The van der Waals surface area contributed by atoms with Crippen LogP contribution in [0.5, 0.6) is 0 Å². The molecule has 1 aliphatic heterocycles. The number of pyridine rings is 1. The van der Waals surface area contributed by atoms with Gasteiger partial charge in [0.25, 0.3) is 5.91 Å². The van der Waals surface area contributed by atoms with Crippen LogP contribution in [0.25, 0.3) is 22.0 Å². The van der Waals surface area contributed by atoms with E-state index < -0.39 is 5.91 Å². The molecule has 0 saturated heterocycles. The van der Waals surface area contributed by atoms with Crippen molar-refractivity contribution < 1.29 is 9.59 Å². The number of nitrogens with one attached hydrogen (secondary N) is 1. The normalized spacial score (nSPS) is 14.0. The van der Waals surface area contributed by atoms with Crippen molar-refractivity contribution in [2.24, 2.45) is 5.73 Å². The molecule has 6 heteroatoms. The number of hydrogen-bond donors (Lipinski definition) is 2. The summed E-state index contributed by atoms with van der Waals surface area (Å²) in [4.78, 5) is 33.4. The molecule has 3 heterocycles. The number of amides is 1. The topological polar surface area (TPSA) is 92.1 Å². The minimum atomic E-state index is -0.538. The number of Topliss-reactive ketones (excluding diaryl/α,β-unsaturated/α-hetero) is 1. The first-order valence-corrected chi connectivity index (χ1v) is 10.1. The molecule has 1 amide bonds. The number of aryl methyl sites for hydroxylation is 2. The SMILES string of the molecule is C=C(CN1CCc2c(cccc2-c2cnc(C(N)=O)c3[nH]c(C)c(C)c23)C1)C(C)=O. The molecule has 154 valence electrons. The molecule has 4 rings (SSSR count). The van der Waals surface area contributed by atoms with E-state index in [1.54, 1.807) is 13.1 Å². The number of H-pyrrole nitrogens is 1. The van der Waals surface area contributed by atoms with Gasteiger partial charge in [-0.1, -0.05) is 24.8 Å². The molecule has 0 atom stereocenters. The first-order valence-electron chi connectivity index (χ1n) is 10.1. The van der Waals surface area contributed by atoms with Gasteiger partial charge in [-0.3, -0.25) is 14.5 Å². The molecule has 0 spiro atoms. The van der Waals surface area contributed by atoms with Crippen LogP contribution in [0.3, 0.4) is 0 Å². The van der Waals surface area contributed by atoms with Crippen molar-refractivity contribution in [1.82, 2.24) is 14.9 Å². The number of primary amides is 1. The van der Waals surface area contributed by atoms with Gasteiger partial charge in [0, 0.05) is 48.0 Å². The van der Waals surface area contributed by atoms with Crippen LogP contribution in [0.4, 0.5) is 0 Å². The lowest BCUT2D eigenvalue weighted by molar-refractivity contribution is -0.113. The van der Waals surface area contributed by atoms with Crippen LogP contribution in [0.15, 0.2) is 36.5 Å². The van der Waals surface area contributed by atoms with Gasteiger partial charge in [-0.2, -0.15) is 0 Å². The second-order valence-corrected chi connectivity index (χ2v) is 8.07. The molecule has 0 radical (unpaired) electrons. The van der Waals surface area contributed by atoms with Crippen LogP contribution >= 0.6 is 0 Å². The van der Waals surface area contributed by atoms with Crippen molar-refractivity contribution in [2.45, 2.75) is 33.7 Å². The average molecular weight is 402 g/mol. The zero-order valence-corrected chi connectivity index (χ0v) is 17.6. The van der Waals surface area contributed by atoms with Gasteiger partial charge in [-0.15, -0.1) is 0 Å². The molecule has 3 N–H and O–H groups in total. The fourth-order valence-electron chi connectivity index (χ4n) is 4.32. The second kappa shape index (κ2) is 7.54. The molecular weight excluding hydrogens is 376 g/mol. The van der Waals surface area contributed by atoms with Crippen LogP contribution in [0.1, 0.15) is 39.8 Å². The standard InChI is InChI=1S/C24H26N4O2/c1-13(16(4)29)11-28-9-8-18-17(12-28)6-5-7-19(18)20-10-26-23(24(25)30)22-21(20)14(2)15(3)27-22/h5-7,10,27H,1,8-9,11-12H2,2-4H3,(H2,25,30). The average Bonchev–Trinajstić information content (AvgIpc) is 3.01. The van der Waals surface area contributed by atoms with E-state index >= 15 is 0 Å². The molecule has 0 bridgehead atoms. The number of nitrogens with zero attached hydrogens (tertiary/aromatic N) is 2. The van der Waals surface area contributed by atoms with E-state index in [9.17, 15) is 9.59 Å². The molecular formula is C24H26N4O2. The van der Waals surface area contributed by atoms with Crippen molar-refractivity contribution >= 4 is 22.6 Å². The number of carbonyl (C=O) groups excluding carboxylic acids is 2. The summed E-state index contributed by atoms with van der Waals surface area (Å²) in [7, 11) is 0. The van der Waals surface area contributed by atoms with E-state index in [4.69, 9.17) is 5.73 Å². The summed E-state index contributed by atoms with van der Waals surface area (Å²) in [6.45, 7) is 11.7. The summed E-state index contributed by atoms with van der Waals surface area (Å²) in [6, 6.07) is 6.31. The summed E-state index contributed by atoms with van der Waals surface area (Å²) in [5.74, 6) is -0.500. The van der Waals surface area contributed by atoms with Crippen LogP contribution in [-0.4, -0.2) is 39.6 Å². The Morgan fingerprint density at radius 3 is 2.73 bits per heavy atom. The zero-order valence-electron chi connectivity index (χ0n) is 17.6. The number of ketones is 1. The molecule has 2 aromatic heterocycles. The van der Waals surface area contributed by atoms with Gasteiger partial charge in [0.2, 0.25) is 0 Å². The van der Waals surface area contributed by atoms with Gasteiger partial charge in [0.1, 0.15) is 0 Å². The first-order chi connectivity index (χ1) is 14.3. The maximum atomic E-state index is 11.9. The molecule has 0 unspecified atom stereocenters. The van der Waals surface area contributed by atoms with Gasteiger partial charge >= 0.3 is 0 Å². The maximum Gasteiger partial charge on any atom is 0.269 e. The summed E-state index contributed by atoms with van der Waals surface area (Å²) in [6.07, 6.45) is 2.64. The third kappa shape index (κ3) is 3.33. The Labute approximate surface area is 175 Å². The van der Waals surface area contributed by atoms with E-state index in [0.717, 1.165) is 47.3 Å². The van der Waals surface area contributed by atoms with Gasteiger partial charge in [0.05, 0.1) is 5.52 Å². The van der Waals surface area contributed by atoms with Gasteiger partial charge in [0.15, 0.2) is 11.5 Å². The number of aromatic amines is 1. The third-order valence-electron chi connectivity index (χ3n) is 6.11. The number of hydrogen-bond acceptors (Lipinski definition) is 4. The molecule has 0 saturated carbocycles. The van der Waals surface area contributed by atoms with E-state index in [0.29, 0.717) is 17.6 Å². The van der Waals surface area contributed by atoms with Crippen LogP contribution in [0, 0.1) is 13.8 Å². The van der Waals surface area contributed by atoms with E-state index in [1.807, 2.05) is 13.8 Å². The highest BCUT2D eigenvalue weighted by Gasteiger charge is 2.23. The monoisotopic (exact) mass is 402 g/mol. The van der Waals surface area contributed by atoms with E-state index in [-0.39, 0.29) is 11.5 Å². The number of aromatic nitrogens is 2. The number of fused-ring (bicyclic) bond motifs is 2. The fraction of sp³-hybridized carbons (Fsp3) is 0.292. The minimum Gasteiger partial charge on any atom is -0.364 e. The van der Waals surface area contributed by atoms with Crippen LogP contribution < -0.4 is 5.73 Å². The highest BCUT2D eigenvalue weighted by Crippen LogP contribution is 2.37. The molecule has 30 heavy (non-hydrogen) atoms. The van der Waals surface area contributed by atoms with Crippen molar-refractivity contribution in [3.8, 4) is 11.1 Å². The number of carbonyl (C=O) groups is 2. The summed E-state index contributed by atoms with van der Waals surface area (Å²) < 4.78 is 0. The number of nitrogens with two attached hydrogens (primary N) is 1. The van der Waals surface area contributed by atoms with Gasteiger partial charge in [-0.05, 0) is 49.4 Å². The van der Waals surface area contributed by atoms with E-state index in [1.165, 1.54) is 11.1 Å². The summed E-state index contributed by atoms with van der Waals surface area (Å²) in [5.41, 5.74) is 13.9. The molecule has 3 aromatic rings. The van der Waals surface area contributed by atoms with Crippen molar-refractivity contribution in [3.05, 3.63) is 64.6 Å². The fourth-order valence-corrected chi connectivity index (χ4v) is 4.32.